The third-order valence-corrected chi connectivity index (χ3v) is 1.87. The number of carboxylic acids is 1. The van der Waals surface area contributed by atoms with E-state index in [1.165, 1.54) is 0 Å². The molecule has 1 atom stereocenters. The largest absolute Gasteiger partial charge is 0.507 e. The number of phenols is 2. The van der Waals surface area contributed by atoms with E-state index in [-0.39, 0.29) is 11.3 Å². The van der Waals surface area contributed by atoms with Crippen molar-refractivity contribution in [1.29, 1.82) is 0 Å². The maximum Gasteiger partial charge on any atom is 0.339 e. The molecule has 0 saturated carbocycles. The van der Waals surface area contributed by atoms with E-state index in [2.05, 4.69) is 0 Å². The van der Waals surface area contributed by atoms with E-state index in [0.29, 0.717) is 5.56 Å². The van der Waals surface area contributed by atoms with Gasteiger partial charge in [0.05, 0.1) is 0 Å². The standard InChI is InChI=1S/C9H11NO4/c1-4(10)5-2-6(9(13)14)8(12)3-7(5)11/h2-4,11-12H,10H2,1H3,(H,13,14). The second-order valence-corrected chi connectivity index (χ2v) is 3.02. The monoisotopic (exact) mass is 197 g/mol. The van der Waals surface area contributed by atoms with Crippen LogP contribution in [0.5, 0.6) is 11.5 Å². The Labute approximate surface area is 80.4 Å². The van der Waals surface area contributed by atoms with Crippen LogP contribution in [0.2, 0.25) is 0 Å². The fraction of sp³-hybridized carbons (Fsp3) is 0.222. The molecule has 1 aromatic carbocycles. The normalized spacial score (nSPS) is 12.4. The second-order valence-electron chi connectivity index (χ2n) is 3.02. The molecule has 5 nitrogen and oxygen atoms in total. The third kappa shape index (κ3) is 1.77. The SMILES string of the molecule is CC(N)c1cc(C(=O)O)c(O)cc1O. The van der Waals surface area contributed by atoms with Gasteiger partial charge >= 0.3 is 5.97 Å². The van der Waals surface area contributed by atoms with E-state index in [4.69, 9.17) is 10.8 Å². The Morgan fingerprint density at radius 1 is 1.36 bits per heavy atom. The summed E-state index contributed by atoms with van der Waals surface area (Å²) in [6, 6.07) is 1.65. The lowest BCUT2D eigenvalue weighted by atomic mass is 10.0. The quantitative estimate of drug-likeness (QED) is 0.561. The fourth-order valence-electron chi connectivity index (χ4n) is 1.13. The molecule has 14 heavy (non-hydrogen) atoms. The third-order valence-electron chi connectivity index (χ3n) is 1.87. The van der Waals surface area contributed by atoms with Gasteiger partial charge in [0.2, 0.25) is 0 Å². The summed E-state index contributed by atoms with van der Waals surface area (Å²) in [7, 11) is 0. The number of phenolic OH excluding ortho intramolecular Hbond substituents is 1. The predicted octanol–water partition coefficient (Wildman–Crippen LogP) is 0.816. The molecule has 5 N–H and O–H groups in total. The van der Waals surface area contributed by atoms with Crippen LogP contribution >= 0.6 is 0 Å². The second kappa shape index (κ2) is 3.55. The smallest absolute Gasteiger partial charge is 0.339 e. The van der Waals surface area contributed by atoms with Gasteiger partial charge in [0.15, 0.2) is 0 Å². The number of nitrogens with two attached hydrogens (primary N) is 1. The minimum Gasteiger partial charge on any atom is -0.507 e. The van der Waals surface area contributed by atoms with Gasteiger partial charge in [0, 0.05) is 17.7 Å². The number of aromatic carboxylic acids is 1. The number of hydrogen-bond donors (Lipinski definition) is 4. The van der Waals surface area contributed by atoms with E-state index in [0.717, 1.165) is 12.1 Å². The number of carboxylic acid groups (broad SMARTS) is 1. The first-order valence-electron chi connectivity index (χ1n) is 3.98. The van der Waals surface area contributed by atoms with Crippen LogP contribution in [0.4, 0.5) is 0 Å². The molecular formula is C9H11NO4. The number of rotatable bonds is 2. The molecule has 0 bridgehead atoms. The molecule has 0 aliphatic carbocycles. The van der Waals surface area contributed by atoms with E-state index < -0.39 is 17.8 Å². The molecule has 1 aromatic rings. The Kier molecular flexibility index (Phi) is 2.62. The molecule has 0 aromatic heterocycles. The molecule has 5 heteroatoms. The molecule has 1 rings (SSSR count). The van der Waals surface area contributed by atoms with Crippen molar-refractivity contribution in [2.75, 3.05) is 0 Å². The van der Waals surface area contributed by atoms with Crippen LogP contribution < -0.4 is 5.73 Å². The zero-order valence-corrected chi connectivity index (χ0v) is 7.56. The molecule has 0 spiro atoms. The maximum atomic E-state index is 10.6. The summed E-state index contributed by atoms with van der Waals surface area (Å²) < 4.78 is 0. The summed E-state index contributed by atoms with van der Waals surface area (Å²) in [6.07, 6.45) is 0. The van der Waals surface area contributed by atoms with Crippen molar-refractivity contribution in [2.45, 2.75) is 13.0 Å². The first-order chi connectivity index (χ1) is 6.43. The lowest BCUT2D eigenvalue weighted by molar-refractivity contribution is 0.0693. The van der Waals surface area contributed by atoms with Crippen LogP contribution in [-0.4, -0.2) is 21.3 Å². The highest BCUT2D eigenvalue weighted by Gasteiger charge is 2.15. The highest BCUT2D eigenvalue weighted by molar-refractivity contribution is 5.91. The first-order valence-corrected chi connectivity index (χ1v) is 3.98. The van der Waals surface area contributed by atoms with Crippen LogP contribution in [0.15, 0.2) is 12.1 Å². The van der Waals surface area contributed by atoms with Crippen LogP contribution in [-0.2, 0) is 0 Å². The molecule has 0 radical (unpaired) electrons. The summed E-state index contributed by atoms with van der Waals surface area (Å²) >= 11 is 0. The Morgan fingerprint density at radius 2 is 1.93 bits per heavy atom. The Morgan fingerprint density at radius 3 is 2.36 bits per heavy atom. The van der Waals surface area contributed by atoms with Crippen molar-refractivity contribution in [3.63, 3.8) is 0 Å². The number of hydrogen-bond acceptors (Lipinski definition) is 4. The first kappa shape index (κ1) is 10.3. The number of carbonyl (C=O) groups is 1. The van der Waals surface area contributed by atoms with Crippen molar-refractivity contribution >= 4 is 5.97 Å². The Balaban J connectivity index is 3.34. The molecule has 0 heterocycles. The summed E-state index contributed by atoms with van der Waals surface area (Å²) in [6.45, 7) is 1.61. The maximum absolute atomic E-state index is 10.6. The number of aromatic hydroxyl groups is 2. The molecule has 0 amide bonds. The minimum atomic E-state index is -1.26. The van der Waals surface area contributed by atoms with Crippen molar-refractivity contribution in [3.05, 3.63) is 23.3 Å². The molecule has 76 valence electrons. The van der Waals surface area contributed by atoms with E-state index in [1.807, 2.05) is 0 Å². The van der Waals surface area contributed by atoms with E-state index >= 15 is 0 Å². The number of benzene rings is 1. The van der Waals surface area contributed by atoms with Crippen molar-refractivity contribution in [1.82, 2.24) is 0 Å². The summed E-state index contributed by atoms with van der Waals surface area (Å²) in [5.41, 5.74) is 5.52. The Bertz CT molecular complexity index is 373. The fourth-order valence-corrected chi connectivity index (χ4v) is 1.13. The van der Waals surface area contributed by atoms with Gasteiger partial charge in [-0.25, -0.2) is 4.79 Å². The predicted molar refractivity (Wildman–Crippen MR) is 49.3 cm³/mol. The van der Waals surface area contributed by atoms with Crippen LogP contribution in [0.25, 0.3) is 0 Å². The molecule has 0 fully saturated rings. The molecule has 1 unspecified atom stereocenters. The topological polar surface area (TPSA) is 104 Å². The molecule has 0 aliphatic rings. The lowest BCUT2D eigenvalue weighted by Crippen LogP contribution is -2.07. The van der Waals surface area contributed by atoms with Gasteiger partial charge in [-0.15, -0.1) is 0 Å². The van der Waals surface area contributed by atoms with Gasteiger partial charge in [-0.1, -0.05) is 0 Å². The minimum absolute atomic E-state index is 0.206. The highest BCUT2D eigenvalue weighted by atomic mass is 16.4. The van der Waals surface area contributed by atoms with Gasteiger partial charge in [0.1, 0.15) is 17.1 Å². The van der Waals surface area contributed by atoms with Crippen LogP contribution in [0.1, 0.15) is 28.9 Å². The summed E-state index contributed by atoms with van der Waals surface area (Å²) in [5, 5.41) is 27.2. The highest BCUT2D eigenvalue weighted by Crippen LogP contribution is 2.30. The summed E-state index contributed by atoms with van der Waals surface area (Å²) in [5.74, 6) is -1.94. The average Bonchev–Trinajstić information content (AvgIpc) is 2.02. The average molecular weight is 197 g/mol. The molecular weight excluding hydrogens is 186 g/mol. The molecule has 0 aliphatic heterocycles. The van der Waals surface area contributed by atoms with Crippen molar-refractivity contribution in [2.24, 2.45) is 5.73 Å². The van der Waals surface area contributed by atoms with Gasteiger partial charge < -0.3 is 21.1 Å². The zero-order valence-electron chi connectivity index (χ0n) is 7.56. The van der Waals surface area contributed by atoms with Gasteiger partial charge in [-0.2, -0.15) is 0 Å². The van der Waals surface area contributed by atoms with Crippen molar-refractivity contribution < 1.29 is 20.1 Å². The Hall–Kier alpha value is -1.75. The van der Waals surface area contributed by atoms with Gasteiger partial charge in [0.25, 0.3) is 0 Å². The van der Waals surface area contributed by atoms with Crippen LogP contribution in [0, 0.1) is 0 Å². The van der Waals surface area contributed by atoms with E-state index in [9.17, 15) is 15.0 Å². The van der Waals surface area contributed by atoms with Crippen LogP contribution in [0.3, 0.4) is 0 Å². The summed E-state index contributed by atoms with van der Waals surface area (Å²) in [4.78, 5) is 10.6. The van der Waals surface area contributed by atoms with Crippen molar-refractivity contribution in [3.8, 4) is 11.5 Å². The van der Waals surface area contributed by atoms with E-state index in [1.54, 1.807) is 6.92 Å². The van der Waals surface area contributed by atoms with Gasteiger partial charge in [-0.3, -0.25) is 0 Å². The molecule has 0 saturated heterocycles. The zero-order chi connectivity index (χ0) is 10.9. The lowest BCUT2D eigenvalue weighted by Gasteiger charge is -2.10. The van der Waals surface area contributed by atoms with Gasteiger partial charge in [-0.05, 0) is 13.0 Å².